The molecule has 0 saturated heterocycles. The Hall–Kier alpha value is -0.900. The molecule has 0 radical (unpaired) electrons. The van der Waals surface area contributed by atoms with E-state index in [2.05, 4.69) is 0 Å². The van der Waals surface area contributed by atoms with Crippen molar-refractivity contribution in [1.82, 2.24) is 9.80 Å². The molecule has 0 bridgehead atoms. The Morgan fingerprint density at radius 2 is 1.58 bits per heavy atom. The van der Waals surface area contributed by atoms with Crippen LogP contribution in [-0.2, 0) is 9.59 Å². The highest BCUT2D eigenvalue weighted by Crippen LogP contribution is 1.91. The number of nitrogens with zero attached hydrogens (tertiary/aromatic N) is 2. The fourth-order valence-corrected chi connectivity index (χ4v) is 0.753. The van der Waals surface area contributed by atoms with Gasteiger partial charge in [-0.15, -0.1) is 0 Å². The maximum Gasteiger partial charge on any atom is 0.243 e. The zero-order chi connectivity index (χ0) is 9.72. The molecule has 0 aromatic heterocycles. The van der Waals surface area contributed by atoms with Gasteiger partial charge in [-0.25, -0.2) is 0 Å². The molecule has 0 fully saturated rings. The molecular formula is C8H16N2O2. The molecule has 0 saturated carbocycles. The van der Waals surface area contributed by atoms with Gasteiger partial charge in [0, 0.05) is 13.5 Å². The zero-order valence-electron chi connectivity index (χ0n) is 8.13. The van der Waals surface area contributed by atoms with Gasteiger partial charge in [0.25, 0.3) is 0 Å². The first-order valence-corrected chi connectivity index (χ1v) is 3.93. The van der Waals surface area contributed by atoms with Gasteiger partial charge in [0.1, 0.15) is 0 Å². The fourth-order valence-electron chi connectivity index (χ4n) is 0.753. The van der Waals surface area contributed by atoms with E-state index in [4.69, 9.17) is 0 Å². The van der Waals surface area contributed by atoms with Crippen molar-refractivity contribution in [3.05, 3.63) is 0 Å². The molecule has 0 aliphatic carbocycles. The molecule has 2 amide bonds. The second kappa shape index (κ2) is 4.87. The number of likely N-dealkylation sites (N-methyl/N-ethyl adjacent to an activating group) is 2. The minimum atomic E-state index is -0.160. The second-order valence-electron chi connectivity index (χ2n) is 2.94. The number of carbonyl (C=O) groups is 2. The summed E-state index contributed by atoms with van der Waals surface area (Å²) in [7, 11) is 5.10. The van der Waals surface area contributed by atoms with Crippen LogP contribution in [0.4, 0.5) is 0 Å². The van der Waals surface area contributed by atoms with Crippen molar-refractivity contribution in [2.75, 3.05) is 27.7 Å². The minimum absolute atomic E-state index is 0.137. The highest BCUT2D eigenvalue weighted by Gasteiger charge is 2.14. The van der Waals surface area contributed by atoms with Crippen LogP contribution in [0.2, 0.25) is 0 Å². The first kappa shape index (κ1) is 11.1. The number of carbonyl (C=O) groups excluding carboxylic acids is 2. The maximum atomic E-state index is 11.2. The van der Waals surface area contributed by atoms with Crippen molar-refractivity contribution >= 4 is 11.8 Å². The summed E-state index contributed by atoms with van der Waals surface area (Å²) in [5.41, 5.74) is 0. The van der Waals surface area contributed by atoms with E-state index >= 15 is 0 Å². The normalized spacial score (nSPS) is 10.1. The van der Waals surface area contributed by atoms with Crippen LogP contribution < -0.4 is 0 Å². The van der Waals surface area contributed by atoms with E-state index < -0.39 is 0 Å². The number of hydrogen-bond acceptors (Lipinski definition) is 3. The van der Waals surface area contributed by atoms with Crippen LogP contribution >= 0.6 is 0 Å². The van der Waals surface area contributed by atoms with Crippen LogP contribution in [-0.4, -0.2) is 49.3 Å². The quantitative estimate of drug-likeness (QED) is 0.599. The Labute approximate surface area is 73.1 Å². The summed E-state index contributed by atoms with van der Waals surface area (Å²) in [6, 6.07) is 0. The largest absolute Gasteiger partial charge is 0.301 e. The van der Waals surface area contributed by atoms with Gasteiger partial charge in [-0.3, -0.25) is 14.5 Å². The molecule has 0 aromatic rings. The number of imide groups is 1. The average molecular weight is 172 g/mol. The molecule has 0 heterocycles. The molecule has 0 aliphatic heterocycles. The topological polar surface area (TPSA) is 40.6 Å². The predicted octanol–water partition coefficient (Wildman–Crippen LogP) is -0.0570. The van der Waals surface area contributed by atoms with Gasteiger partial charge in [0.05, 0.1) is 6.54 Å². The van der Waals surface area contributed by atoms with Crippen molar-refractivity contribution < 1.29 is 9.59 Å². The van der Waals surface area contributed by atoms with Crippen molar-refractivity contribution in [1.29, 1.82) is 0 Å². The Kier molecular flexibility index (Phi) is 4.51. The van der Waals surface area contributed by atoms with E-state index in [1.54, 1.807) is 25.9 Å². The molecule has 0 aromatic carbocycles. The van der Waals surface area contributed by atoms with Crippen molar-refractivity contribution in [3.8, 4) is 0 Å². The highest BCUT2D eigenvalue weighted by atomic mass is 16.2. The van der Waals surface area contributed by atoms with Gasteiger partial charge in [0.15, 0.2) is 0 Å². The Balaban J connectivity index is 4.01. The number of rotatable bonds is 3. The van der Waals surface area contributed by atoms with E-state index in [0.717, 1.165) is 0 Å². The predicted molar refractivity (Wildman–Crippen MR) is 46.6 cm³/mol. The van der Waals surface area contributed by atoms with Crippen molar-refractivity contribution in [2.45, 2.75) is 13.3 Å². The molecule has 0 aliphatic rings. The van der Waals surface area contributed by atoms with E-state index in [9.17, 15) is 9.59 Å². The molecule has 12 heavy (non-hydrogen) atoms. The Morgan fingerprint density at radius 3 is 1.92 bits per heavy atom. The number of hydrogen-bond donors (Lipinski definition) is 0. The molecule has 4 nitrogen and oxygen atoms in total. The van der Waals surface area contributed by atoms with Crippen LogP contribution in [0.5, 0.6) is 0 Å². The molecule has 0 spiro atoms. The third-order valence-corrected chi connectivity index (χ3v) is 1.50. The maximum absolute atomic E-state index is 11.2. The summed E-state index contributed by atoms with van der Waals surface area (Å²) < 4.78 is 0. The lowest BCUT2D eigenvalue weighted by atomic mass is 10.4. The summed E-state index contributed by atoms with van der Waals surface area (Å²) in [4.78, 5) is 25.1. The third kappa shape index (κ3) is 3.48. The summed E-state index contributed by atoms with van der Waals surface area (Å²) >= 11 is 0. The Bertz CT molecular complexity index is 178. The zero-order valence-corrected chi connectivity index (χ0v) is 8.13. The lowest BCUT2D eigenvalue weighted by molar-refractivity contribution is -0.143. The smallest absolute Gasteiger partial charge is 0.243 e. The summed E-state index contributed by atoms with van der Waals surface area (Å²) in [6.45, 7) is 2.02. The van der Waals surface area contributed by atoms with Gasteiger partial charge in [-0.05, 0) is 14.1 Å². The minimum Gasteiger partial charge on any atom is -0.301 e. The molecule has 4 heteroatoms. The Morgan fingerprint density at radius 1 is 1.08 bits per heavy atom. The van der Waals surface area contributed by atoms with Gasteiger partial charge in [-0.1, -0.05) is 6.92 Å². The van der Waals surface area contributed by atoms with Crippen LogP contribution in [0.25, 0.3) is 0 Å². The van der Waals surface area contributed by atoms with Gasteiger partial charge in [0.2, 0.25) is 11.8 Å². The molecule has 0 N–H and O–H groups in total. The van der Waals surface area contributed by atoms with Gasteiger partial charge >= 0.3 is 0 Å². The average Bonchev–Trinajstić information content (AvgIpc) is 2.00. The lowest BCUT2D eigenvalue weighted by Crippen LogP contribution is -2.38. The molecule has 0 atom stereocenters. The standard InChI is InChI=1S/C8H16N2O2/c1-5-7(11)10(4)8(12)6-9(2)3/h5-6H2,1-4H3. The second-order valence-corrected chi connectivity index (χ2v) is 2.94. The fraction of sp³-hybridized carbons (Fsp3) is 0.750. The molecule has 0 unspecified atom stereocenters. The van der Waals surface area contributed by atoms with Crippen LogP contribution in [0.1, 0.15) is 13.3 Å². The van der Waals surface area contributed by atoms with Crippen LogP contribution in [0.3, 0.4) is 0 Å². The van der Waals surface area contributed by atoms with Crippen molar-refractivity contribution in [2.24, 2.45) is 0 Å². The monoisotopic (exact) mass is 172 g/mol. The van der Waals surface area contributed by atoms with E-state index in [0.29, 0.717) is 6.42 Å². The summed E-state index contributed by atoms with van der Waals surface area (Å²) in [5.74, 6) is -0.297. The van der Waals surface area contributed by atoms with Gasteiger partial charge in [-0.2, -0.15) is 0 Å². The van der Waals surface area contributed by atoms with Crippen molar-refractivity contribution in [3.63, 3.8) is 0 Å². The van der Waals surface area contributed by atoms with Crippen LogP contribution in [0, 0.1) is 0 Å². The first-order valence-electron chi connectivity index (χ1n) is 3.93. The van der Waals surface area contributed by atoms with E-state index in [1.807, 2.05) is 0 Å². The van der Waals surface area contributed by atoms with Crippen LogP contribution in [0.15, 0.2) is 0 Å². The summed E-state index contributed by atoms with van der Waals surface area (Å²) in [5, 5.41) is 0. The van der Waals surface area contributed by atoms with E-state index in [-0.39, 0.29) is 18.4 Å². The number of amides is 2. The first-order chi connectivity index (χ1) is 5.49. The molecule has 0 rings (SSSR count). The molecule has 70 valence electrons. The lowest BCUT2D eigenvalue weighted by Gasteiger charge is -2.16. The van der Waals surface area contributed by atoms with Gasteiger partial charge < -0.3 is 4.90 Å². The van der Waals surface area contributed by atoms with E-state index in [1.165, 1.54) is 11.9 Å². The SMILES string of the molecule is CCC(=O)N(C)C(=O)CN(C)C. The summed E-state index contributed by atoms with van der Waals surface area (Å²) in [6.07, 6.45) is 0.371. The molecular weight excluding hydrogens is 156 g/mol. The highest BCUT2D eigenvalue weighted by molar-refractivity contribution is 5.95. The third-order valence-electron chi connectivity index (χ3n) is 1.50.